The van der Waals surface area contributed by atoms with E-state index in [0.29, 0.717) is 5.92 Å². The molecule has 21 heavy (non-hydrogen) atoms. The first-order chi connectivity index (χ1) is 10.3. The molecule has 1 aliphatic rings. The van der Waals surface area contributed by atoms with E-state index in [0.717, 1.165) is 5.69 Å². The largest absolute Gasteiger partial charge is 0.256 e. The van der Waals surface area contributed by atoms with Crippen LogP contribution in [0.2, 0.25) is 0 Å². The van der Waals surface area contributed by atoms with Gasteiger partial charge in [0.1, 0.15) is 0 Å². The molecular weight excluding hydrogens is 254 g/mol. The zero-order chi connectivity index (χ0) is 14.5. The van der Waals surface area contributed by atoms with Crippen LogP contribution in [0.3, 0.4) is 0 Å². The van der Waals surface area contributed by atoms with E-state index in [1.807, 2.05) is 12.3 Å². The monoisotopic (exact) mass is 279 g/mol. The van der Waals surface area contributed by atoms with Gasteiger partial charge in [0.15, 0.2) is 0 Å². The Labute approximate surface area is 128 Å². The number of rotatable bonds is 2. The van der Waals surface area contributed by atoms with E-state index in [1.165, 1.54) is 61.6 Å². The number of aromatic nitrogens is 1. The Hall–Kier alpha value is -1.63. The van der Waals surface area contributed by atoms with Crippen LogP contribution in [0.15, 0.2) is 42.6 Å². The molecule has 0 saturated heterocycles. The number of pyridine rings is 1. The molecule has 0 amide bonds. The van der Waals surface area contributed by atoms with Crippen LogP contribution in [0.1, 0.15) is 62.0 Å². The Bertz CT molecular complexity index is 566. The average Bonchev–Trinajstić information content (AvgIpc) is 2.48. The second-order valence-corrected chi connectivity index (χ2v) is 6.35. The van der Waals surface area contributed by atoms with Crippen molar-refractivity contribution in [2.24, 2.45) is 0 Å². The highest BCUT2D eigenvalue weighted by Gasteiger charge is 2.18. The molecule has 1 aliphatic carbocycles. The smallest absolute Gasteiger partial charge is 0.0704 e. The second kappa shape index (κ2) is 6.89. The third-order valence-electron chi connectivity index (χ3n) is 4.69. The van der Waals surface area contributed by atoms with Gasteiger partial charge in [-0.3, -0.25) is 4.98 Å². The lowest BCUT2D eigenvalue weighted by molar-refractivity contribution is 0.456. The molecule has 1 heteroatoms. The molecule has 0 spiro atoms. The third kappa shape index (κ3) is 3.53. The van der Waals surface area contributed by atoms with Crippen molar-refractivity contribution in [2.45, 2.75) is 57.8 Å². The first kappa shape index (κ1) is 14.3. The van der Waals surface area contributed by atoms with E-state index < -0.39 is 0 Å². The maximum atomic E-state index is 4.59. The van der Waals surface area contributed by atoms with Gasteiger partial charge in [-0.25, -0.2) is 0 Å². The SMILES string of the molecule is Cc1ccc(C2CCCCCCC2)c(-c2ccccn2)c1. The topological polar surface area (TPSA) is 12.9 Å². The van der Waals surface area contributed by atoms with Crippen molar-refractivity contribution >= 4 is 0 Å². The quantitative estimate of drug-likeness (QED) is 0.668. The second-order valence-electron chi connectivity index (χ2n) is 6.35. The van der Waals surface area contributed by atoms with E-state index >= 15 is 0 Å². The predicted molar refractivity (Wildman–Crippen MR) is 89.5 cm³/mol. The van der Waals surface area contributed by atoms with E-state index in [-0.39, 0.29) is 0 Å². The lowest BCUT2D eigenvalue weighted by atomic mass is 9.82. The van der Waals surface area contributed by atoms with Crippen molar-refractivity contribution < 1.29 is 0 Å². The number of nitrogens with zero attached hydrogens (tertiary/aromatic N) is 1. The molecule has 2 aromatic rings. The summed E-state index contributed by atoms with van der Waals surface area (Å²) < 4.78 is 0. The summed E-state index contributed by atoms with van der Waals surface area (Å²) in [7, 11) is 0. The van der Waals surface area contributed by atoms with Gasteiger partial charge in [-0.1, -0.05) is 55.9 Å². The van der Waals surface area contributed by atoms with Gasteiger partial charge < -0.3 is 0 Å². The fraction of sp³-hybridized carbons (Fsp3) is 0.450. The van der Waals surface area contributed by atoms with Gasteiger partial charge in [0.05, 0.1) is 5.69 Å². The molecule has 1 nitrogen and oxygen atoms in total. The van der Waals surface area contributed by atoms with Gasteiger partial charge in [-0.05, 0) is 49.4 Å². The molecule has 110 valence electrons. The van der Waals surface area contributed by atoms with Gasteiger partial charge in [0, 0.05) is 11.8 Å². The molecule has 0 bridgehead atoms. The summed E-state index contributed by atoms with van der Waals surface area (Å²) in [6.45, 7) is 2.17. The summed E-state index contributed by atoms with van der Waals surface area (Å²) in [5.41, 5.74) is 5.31. The highest BCUT2D eigenvalue weighted by atomic mass is 14.7. The van der Waals surface area contributed by atoms with E-state index in [2.05, 4.69) is 42.2 Å². The summed E-state index contributed by atoms with van der Waals surface area (Å²) in [5, 5.41) is 0. The van der Waals surface area contributed by atoms with Gasteiger partial charge in [0.25, 0.3) is 0 Å². The van der Waals surface area contributed by atoms with E-state index in [1.54, 1.807) is 0 Å². The first-order valence-corrected chi connectivity index (χ1v) is 8.36. The molecule has 1 aromatic heterocycles. The molecule has 0 aliphatic heterocycles. The minimum atomic E-state index is 0.711. The highest BCUT2D eigenvalue weighted by Crippen LogP contribution is 2.36. The van der Waals surface area contributed by atoms with Gasteiger partial charge in [0.2, 0.25) is 0 Å². The Morgan fingerprint density at radius 1 is 0.905 bits per heavy atom. The molecule has 1 aromatic carbocycles. The van der Waals surface area contributed by atoms with Crippen molar-refractivity contribution in [3.05, 3.63) is 53.7 Å². The molecule has 1 heterocycles. The van der Waals surface area contributed by atoms with E-state index in [9.17, 15) is 0 Å². The van der Waals surface area contributed by atoms with Crippen LogP contribution in [-0.2, 0) is 0 Å². The molecule has 0 N–H and O–H groups in total. The van der Waals surface area contributed by atoms with Crippen molar-refractivity contribution in [2.75, 3.05) is 0 Å². The fourth-order valence-corrected chi connectivity index (χ4v) is 3.54. The maximum absolute atomic E-state index is 4.59. The van der Waals surface area contributed by atoms with Crippen molar-refractivity contribution in [3.63, 3.8) is 0 Å². The third-order valence-corrected chi connectivity index (χ3v) is 4.69. The minimum absolute atomic E-state index is 0.711. The van der Waals surface area contributed by atoms with Crippen LogP contribution in [-0.4, -0.2) is 4.98 Å². The zero-order valence-corrected chi connectivity index (χ0v) is 13.0. The van der Waals surface area contributed by atoms with E-state index in [4.69, 9.17) is 0 Å². The van der Waals surface area contributed by atoms with Crippen LogP contribution in [0.5, 0.6) is 0 Å². The van der Waals surface area contributed by atoms with Crippen LogP contribution in [0.4, 0.5) is 0 Å². The molecule has 0 unspecified atom stereocenters. The Morgan fingerprint density at radius 3 is 2.38 bits per heavy atom. The molecular formula is C20H25N. The van der Waals surface area contributed by atoms with Gasteiger partial charge >= 0.3 is 0 Å². The van der Waals surface area contributed by atoms with Crippen molar-refractivity contribution in [1.29, 1.82) is 0 Å². The lowest BCUT2D eigenvalue weighted by Crippen LogP contribution is -2.05. The van der Waals surface area contributed by atoms with Gasteiger partial charge in [-0.15, -0.1) is 0 Å². The summed E-state index contributed by atoms with van der Waals surface area (Å²) in [5.74, 6) is 0.711. The minimum Gasteiger partial charge on any atom is -0.256 e. The summed E-state index contributed by atoms with van der Waals surface area (Å²) in [6.07, 6.45) is 11.6. The normalized spacial score (nSPS) is 17.2. The Morgan fingerprint density at radius 2 is 1.67 bits per heavy atom. The van der Waals surface area contributed by atoms with Crippen molar-refractivity contribution in [1.82, 2.24) is 4.98 Å². The fourth-order valence-electron chi connectivity index (χ4n) is 3.54. The van der Waals surface area contributed by atoms with Gasteiger partial charge in [-0.2, -0.15) is 0 Å². The summed E-state index contributed by atoms with van der Waals surface area (Å²) >= 11 is 0. The van der Waals surface area contributed by atoms with Crippen LogP contribution in [0, 0.1) is 6.92 Å². The van der Waals surface area contributed by atoms with Crippen LogP contribution in [0.25, 0.3) is 11.3 Å². The number of benzene rings is 1. The predicted octanol–water partition coefficient (Wildman–Crippen LogP) is 5.88. The maximum Gasteiger partial charge on any atom is 0.0704 e. The Balaban J connectivity index is 1.97. The molecule has 1 fully saturated rings. The number of hydrogen-bond donors (Lipinski definition) is 0. The Kier molecular flexibility index (Phi) is 4.69. The summed E-state index contributed by atoms with van der Waals surface area (Å²) in [6, 6.07) is 13.2. The van der Waals surface area contributed by atoms with Crippen LogP contribution >= 0.6 is 0 Å². The molecule has 3 rings (SSSR count). The number of aryl methyl sites for hydroxylation is 1. The standard InChI is InChI=1S/C20H25N/c1-16-12-13-18(17-9-5-3-2-4-6-10-17)19(15-16)20-11-7-8-14-21-20/h7-8,11-15,17H,2-6,9-10H2,1H3. The molecule has 0 atom stereocenters. The summed E-state index contributed by atoms with van der Waals surface area (Å²) in [4.78, 5) is 4.59. The number of hydrogen-bond acceptors (Lipinski definition) is 1. The zero-order valence-electron chi connectivity index (χ0n) is 13.0. The first-order valence-electron chi connectivity index (χ1n) is 8.36. The highest BCUT2D eigenvalue weighted by molar-refractivity contribution is 5.65. The average molecular weight is 279 g/mol. The van der Waals surface area contributed by atoms with Crippen molar-refractivity contribution in [3.8, 4) is 11.3 Å². The lowest BCUT2D eigenvalue weighted by Gasteiger charge is -2.23. The van der Waals surface area contributed by atoms with Crippen LogP contribution < -0.4 is 0 Å². The molecule has 0 radical (unpaired) electrons. The molecule has 1 saturated carbocycles.